The molecular weight excluding hydrogens is 258 g/mol. The Labute approximate surface area is 78.1 Å². The summed E-state index contributed by atoms with van der Waals surface area (Å²) in [6.45, 7) is 0.457. The smallest absolute Gasteiger partial charge is 0.217 e. The van der Waals surface area contributed by atoms with E-state index in [1.807, 2.05) is 0 Å². The summed E-state index contributed by atoms with van der Waals surface area (Å²) in [5.74, 6) is -0.401. The molecule has 0 aliphatic rings. The van der Waals surface area contributed by atoms with Gasteiger partial charge >= 0.3 is 0 Å². The minimum absolute atomic E-state index is 0.401. The first kappa shape index (κ1) is 8.86. The maximum Gasteiger partial charge on any atom is 0.217 e. The van der Waals surface area contributed by atoms with Crippen LogP contribution in [0.5, 0.6) is 0 Å². The molecule has 1 aromatic rings. The van der Waals surface area contributed by atoms with Crippen molar-refractivity contribution in [3.05, 3.63) is 27.3 Å². The van der Waals surface area contributed by atoms with Gasteiger partial charge in [0.1, 0.15) is 0 Å². The molecule has 0 fully saturated rings. The maximum absolute atomic E-state index is 12.9. The van der Waals surface area contributed by atoms with Crippen molar-refractivity contribution in [1.29, 1.82) is 0 Å². The van der Waals surface area contributed by atoms with Crippen molar-refractivity contribution in [3.63, 3.8) is 0 Å². The minimum atomic E-state index is -0.401. The summed E-state index contributed by atoms with van der Waals surface area (Å²) in [7, 11) is 0. The van der Waals surface area contributed by atoms with Gasteiger partial charge in [0.15, 0.2) is 0 Å². The SMILES string of the molecule is NCCc1c(I)ccnc1F. The largest absolute Gasteiger partial charge is 0.330 e. The Morgan fingerprint density at radius 3 is 2.91 bits per heavy atom. The van der Waals surface area contributed by atoms with Gasteiger partial charge in [0.2, 0.25) is 5.95 Å². The number of aromatic nitrogens is 1. The standard InChI is InChI=1S/C7H8FIN2/c8-7-5(1-3-10)6(9)2-4-11-7/h2,4H,1,3,10H2. The average Bonchev–Trinajstić information content (AvgIpc) is 1.97. The molecule has 2 N–H and O–H groups in total. The van der Waals surface area contributed by atoms with Crippen LogP contribution in [0.4, 0.5) is 4.39 Å². The zero-order valence-corrected chi connectivity index (χ0v) is 8.01. The van der Waals surface area contributed by atoms with Crippen molar-refractivity contribution in [2.45, 2.75) is 6.42 Å². The van der Waals surface area contributed by atoms with Crippen LogP contribution in [0.15, 0.2) is 12.3 Å². The van der Waals surface area contributed by atoms with Crippen molar-refractivity contribution in [3.8, 4) is 0 Å². The molecule has 0 saturated heterocycles. The minimum Gasteiger partial charge on any atom is -0.330 e. The van der Waals surface area contributed by atoms with E-state index in [4.69, 9.17) is 5.73 Å². The maximum atomic E-state index is 12.9. The van der Waals surface area contributed by atoms with Crippen LogP contribution in [-0.2, 0) is 6.42 Å². The van der Waals surface area contributed by atoms with E-state index in [-0.39, 0.29) is 0 Å². The molecule has 0 spiro atoms. The molecule has 0 unspecified atom stereocenters. The lowest BCUT2D eigenvalue weighted by Crippen LogP contribution is -2.07. The molecule has 60 valence electrons. The molecule has 0 amide bonds. The highest BCUT2D eigenvalue weighted by molar-refractivity contribution is 14.1. The molecule has 0 aliphatic heterocycles. The van der Waals surface area contributed by atoms with Crippen molar-refractivity contribution < 1.29 is 4.39 Å². The topological polar surface area (TPSA) is 38.9 Å². The van der Waals surface area contributed by atoms with E-state index in [0.717, 1.165) is 3.57 Å². The Bertz CT molecular complexity index is 232. The predicted octanol–water partition coefficient (Wildman–Crippen LogP) is 1.33. The second-order valence-electron chi connectivity index (χ2n) is 2.10. The highest BCUT2D eigenvalue weighted by Gasteiger charge is 2.05. The molecule has 1 aromatic heterocycles. The average molecular weight is 266 g/mol. The van der Waals surface area contributed by atoms with Gasteiger partial charge in [0, 0.05) is 15.3 Å². The lowest BCUT2D eigenvalue weighted by atomic mass is 10.2. The van der Waals surface area contributed by atoms with Crippen LogP contribution in [0.3, 0.4) is 0 Å². The molecule has 2 nitrogen and oxygen atoms in total. The molecule has 1 heterocycles. The Hall–Kier alpha value is -0.230. The van der Waals surface area contributed by atoms with Crippen molar-refractivity contribution in [1.82, 2.24) is 4.98 Å². The quantitative estimate of drug-likeness (QED) is 0.647. The van der Waals surface area contributed by atoms with Gasteiger partial charge in [-0.15, -0.1) is 0 Å². The van der Waals surface area contributed by atoms with Crippen LogP contribution in [0.2, 0.25) is 0 Å². The number of hydrogen-bond donors (Lipinski definition) is 1. The second-order valence-corrected chi connectivity index (χ2v) is 3.26. The van der Waals surface area contributed by atoms with E-state index in [1.54, 1.807) is 6.07 Å². The Morgan fingerprint density at radius 1 is 1.64 bits per heavy atom. The van der Waals surface area contributed by atoms with E-state index < -0.39 is 5.95 Å². The van der Waals surface area contributed by atoms with Crippen molar-refractivity contribution >= 4 is 22.6 Å². The van der Waals surface area contributed by atoms with Gasteiger partial charge in [-0.2, -0.15) is 4.39 Å². The zero-order valence-electron chi connectivity index (χ0n) is 5.85. The van der Waals surface area contributed by atoms with E-state index >= 15 is 0 Å². The summed E-state index contributed by atoms with van der Waals surface area (Å²) in [6.07, 6.45) is 2.01. The summed E-state index contributed by atoms with van der Waals surface area (Å²) in [5.41, 5.74) is 5.92. The van der Waals surface area contributed by atoms with Gasteiger partial charge in [-0.1, -0.05) is 0 Å². The number of halogens is 2. The molecule has 4 heteroatoms. The number of pyridine rings is 1. The van der Waals surface area contributed by atoms with Gasteiger partial charge in [0.25, 0.3) is 0 Å². The fourth-order valence-electron chi connectivity index (χ4n) is 0.812. The van der Waals surface area contributed by atoms with Crippen LogP contribution < -0.4 is 5.73 Å². The molecule has 0 aromatic carbocycles. The first-order valence-electron chi connectivity index (χ1n) is 3.24. The predicted molar refractivity (Wildman–Crippen MR) is 49.7 cm³/mol. The fourth-order valence-corrected chi connectivity index (χ4v) is 1.47. The summed E-state index contributed by atoms with van der Waals surface area (Å²) >= 11 is 2.07. The number of rotatable bonds is 2. The molecule has 1 rings (SSSR count). The number of nitrogens with two attached hydrogens (primary N) is 1. The Balaban J connectivity index is 3.00. The Kier molecular flexibility index (Phi) is 3.19. The fraction of sp³-hybridized carbons (Fsp3) is 0.286. The molecule has 0 radical (unpaired) electrons. The zero-order chi connectivity index (χ0) is 8.27. The summed E-state index contributed by atoms with van der Waals surface area (Å²) in [4.78, 5) is 3.53. The monoisotopic (exact) mass is 266 g/mol. The highest BCUT2D eigenvalue weighted by atomic mass is 127. The summed E-state index contributed by atoms with van der Waals surface area (Å²) < 4.78 is 13.8. The van der Waals surface area contributed by atoms with Crippen LogP contribution >= 0.6 is 22.6 Å². The second kappa shape index (κ2) is 3.96. The number of hydrogen-bond acceptors (Lipinski definition) is 2. The first-order chi connectivity index (χ1) is 5.25. The van der Waals surface area contributed by atoms with E-state index in [2.05, 4.69) is 27.6 Å². The van der Waals surface area contributed by atoms with Crippen LogP contribution in [0.1, 0.15) is 5.56 Å². The van der Waals surface area contributed by atoms with Gasteiger partial charge in [0.05, 0.1) is 0 Å². The van der Waals surface area contributed by atoms with E-state index in [9.17, 15) is 4.39 Å². The summed E-state index contributed by atoms with van der Waals surface area (Å²) in [5, 5.41) is 0. The van der Waals surface area contributed by atoms with Gasteiger partial charge < -0.3 is 5.73 Å². The third-order valence-electron chi connectivity index (χ3n) is 1.34. The van der Waals surface area contributed by atoms with E-state index in [0.29, 0.717) is 18.5 Å². The van der Waals surface area contributed by atoms with Crippen molar-refractivity contribution in [2.75, 3.05) is 6.54 Å². The van der Waals surface area contributed by atoms with Crippen LogP contribution in [-0.4, -0.2) is 11.5 Å². The van der Waals surface area contributed by atoms with E-state index in [1.165, 1.54) is 6.20 Å². The van der Waals surface area contributed by atoms with Gasteiger partial charge in [-0.05, 0) is 41.6 Å². The third kappa shape index (κ3) is 2.10. The Morgan fingerprint density at radius 2 is 2.36 bits per heavy atom. The van der Waals surface area contributed by atoms with Crippen LogP contribution in [0, 0.1) is 9.52 Å². The molecule has 0 bridgehead atoms. The molecular formula is C7H8FIN2. The molecule has 11 heavy (non-hydrogen) atoms. The molecule has 0 saturated carbocycles. The molecule has 0 aliphatic carbocycles. The first-order valence-corrected chi connectivity index (χ1v) is 4.32. The highest BCUT2D eigenvalue weighted by Crippen LogP contribution is 2.13. The lowest BCUT2D eigenvalue weighted by molar-refractivity contribution is 0.564. The lowest BCUT2D eigenvalue weighted by Gasteiger charge is -2.01. The van der Waals surface area contributed by atoms with Gasteiger partial charge in [-0.25, -0.2) is 4.98 Å². The van der Waals surface area contributed by atoms with Gasteiger partial charge in [-0.3, -0.25) is 0 Å². The molecule has 0 atom stereocenters. The van der Waals surface area contributed by atoms with Crippen molar-refractivity contribution in [2.24, 2.45) is 5.73 Å². The van der Waals surface area contributed by atoms with Crippen LogP contribution in [0.25, 0.3) is 0 Å². The third-order valence-corrected chi connectivity index (χ3v) is 2.35. The number of nitrogens with zero attached hydrogens (tertiary/aromatic N) is 1. The normalized spacial score (nSPS) is 10.1. The summed E-state index contributed by atoms with van der Waals surface area (Å²) in [6, 6.07) is 1.77.